The molecule has 24 heavy (non-hydrogen) atoms. The third-order valence-electron chi connectivity index (χ3n) is 5.18. The molecule has 1 spiro atoms. The predicted octanol–water partition coefficient (Wildman–Crippen LogP) is 1.69. The van der Waals surface area contributed by atoms with Gasteiger partial charge < -0.3 is 14.2 Å². The van der Waals surface area contributed by atoms with Crippen molar-refractivity contribution in [2.24, 2.45) is 7.05 Å². The normalized spacial score (nSPS) is 25.3. The lowest BCUT2D eigenvalue weighted by Gasteiger charge is -2.48. The molecule has 2 aromatic rings. The van der Waals surface area contributed by atoms with Gasteiger partial charge in [-0.1, -0.05) is 0 Å². The second-order valence-electron chi connectivity index (χ2n) is 6.97. The van der Waals surface area contributed by atoms with Crippen LogP contribution in [0.3, 0.4) is 0 Å². The number of imidazole rings is 1. The van der Waals surface area contributed by atoms with E-state index in [1.165, 1.54) is 11.4 Å². The van der Waals surface area contributed by atoms with Crippen LogP contribution in [0.2, 0.25) is 0 Å². The Kier molecular flexibility index (Phi) is 4.24. The fourth-order valence-electron chi connectivity index (χ4n) is 3.93. The largest absolute Gasteiger partial charge is 0.370 e. The molecule has 2 saturated heterocycles. The van der Waals surface area contributed by atoms with Crippen molar-refractivity contribution < 1.29 is 4.74 Å². The summed E-state index contributed by atoms with van der Waals surface area (Å²) in [7, 11) is 2.06. The van der Waals surface area contributed by atoms with Gasteiger partial charge in [-0.15, -0.1) is 0 Å². The monoisotopic (exact) mass is 327 g/mol. The SMILES string of the molecule is Cn1cncc1CN1CCOC2(CCCN(c3cccnc3)C2)C1. The first-order valence-corrected chi connectivity index (χ1v) is 8.71. The van der Waals surface area contributed by atoms with E-state index < -0.39 is 0 Å². The number of rotatable bonds is 3. The van der Waals surface area contributed by atoms with Crippen LogP contribution in [0.5, 0.6) is 0 Å². The first kappa shape index (κ1) is 15.6. The van der Waals surface area contributed by atoms with Gasteiger partial charge in [-0.25, -0.2) is 4.98 Å². The average molecular weight is 327 g/mol. The van der Waals surface area contributed by atoms with Crippen LogP contribution in [0.4, 0.5) is 5.69 Å². The molecule has 1 unspecified atom stereocenters. The van der Waals surface area contributed by atoms with Crippen molar-refractivity contribution in [1.82, 2.24) is 19.4 Å². The highest BCUT2D eigenvalue weighted by Gasteiger charge is 2.40. The van der Waals surface area contributed by atoms with Gasteiger partial charge in [-0.2, -0.15) is 0 Å². The van der Waals surface area contributed by atoms with Gasteiger partial charge in [0.05, 0.1) is 36.1 Å². The Bertz CT molecular complexity index is 669. The Morgan fingerprint density at radius 1 is 1.21 bits per heavy atom. The van der Waals surface area contributed by atoms with E-state index in [-0.39, 0.29) is 5.60 Å². The number of ether oxygens (including phenoxy) is 1. The van der Waals surface area contributed by atoms with E-state index in [0.29, 0.717) is 0 Å². The predicted molar refractivity (Wildman–Crippen MR) is 92.9 cm³/mol. The maximum atomic E-state index is 6.31. The molecule has 2 fully saturated rings. The highest BCUT2D eigenvalue weighted by Crippen LogP contribution is 2.31. The molecule has 2 aliphatic rings. The van der Waals surface area contributed by atoms with Crippen LogP contribution in [-0.4, -0.2) is 57.8 Å². The topological polar surface area (TPSA) is 46.4 Å². The maximum Gasteiger partial charge on any atom is 0.0983 e. The van der Waals surface area contributed by atoms with Crippen LogP contribution in [0.25, 0.3) is 0 Å². The van der Waals surface area contributed by atoms with Gasteiger partial charge in [0.2, 0.25) is 0 Å². The van der Waals surface area contributed by atoms with E-state index in [0.717, 1.165) is 52.2 Å². The van der Waals surface area contributed by atoms with Crippen molar-refractivity contribution in [2.45, 2.75) is 25.0 Å². The van der Waals surface area contributed by atoms with Gasteiger partial charge in [0.25, 0.3) is 0 Å². The molecule has 0 N–H and O–H groups in total. The van der Waals surface area contributed by atoms with E-state index >= 15 is 0 Å². The summed E-state index contributed by atoms with van der Waals surface area (Å²) in [6.07, 6.45) is 9.91. The lowest BCUT2D eigenvalue weighted by Crippen LogP contribution is -2.59. The maximum absolute atomic E-state index is 6.31. The minimum atomic E-state index is -0.0645. The summed E-state index contributed by atoms with van der Waals surface area (Å²) >= 11 is 0. The number of morpholine rings is 1. The van der Waals surface area contributed by atoms with Crippen LogP contribution in [0.15, 0.2) is 37.1 Å². The Balaban J connectivity index is 1.46. The number of nitrogens with zero attached hydrogens (tertiary/aromatic N) is 5. The Labute approximate surface area is 143 Å². The lowest BCUT2D eigenvalue weighted by molar-refractivity contribution is -0.116. The summed E-state index contributed by atoms with van der Waals surface area (Å²) in [5, 5.41) is 0. The summed E-state index contributed by atoms with van der Waals surface area (Å²) in [6, 6.07) is 4.15. The van der Waals surface area contributed by atoms with Crippen LogP contribution in [0, 0.1) is 0 Å². The number of aromatic nitrogens is 3. The zero-order chi connectivity index (χ0) is 16.4. The van der Waals surface area contributed by atoms with Crippen LogP contribution in [0.1, 0.15) is 18.5 Å². The highest BCUT2D eigenvalue weighted by atomic mass is 16.5. The number of piperidine rings is 1. The van der Waals surface area contributed by atoms with Crippen molar-refractivity contribution >= 4 is 5.69 Å². The summed E-state index contributed by atoms with van der Waals surface area (Å²) in [5.74, 6) is 0. The van der Waals surface area contributed by atoms with Gasteiger partial charge >= 0.3 is 0 Å². The van der Waals surface area contributed by atoms with Gasteiger partial charge in [0.15, 0.2) is 0 Å². The summed E-state index contributed by atoms with van der Waals surface area (Å²) < 4.78 is 8.41. The Hall–Kier alpha value is -1.92. The van der Waals surface area contributed by atoms with Gasteiger partial charge in [0, 0.05) is 52.2 Å². The van der Waals surface area contributed by atoms with E-state index in [9.17, 15) is 0 Å². The molecule has 0 amide bonds. The molecule has 6 nitrogen and oxygen atoms in total. The van der Waals surface area contributed by atoms with Crippen molar-refractivity contribution in [3.05, 3.63) is 42.7 Å². The second-order valence-corrected chi connectivity index (χ2v) is 6.97. The molecule has 0 radical (unpaired) electrons. The standard InChI is InChI=1S/C18H25N5O/c1-21-15-20-11-17(21)12-22-8-9-24-18(13-22)5-3-7-23(14-18)16-4-2-6-19-10-16/h2,4,6,10-11,15H,3,5,7-9,12-14H2,1H3. The summed E-state index contributed by atoms with van der Waals surface area (Å²) in [6.45, 7) is 5.74. The Morgan fingerprint density at radius 3 is 2.96 bits per heavy atom. The molecule has 2 aromatic heterocycles. The molecule has 128 valence electrons. The summed E-state index contributed by atoms with van der Waals surface area (Å²) in [4.78, 5) is 13.4. The number of anilines is 1. The van der Waals surface area contributed by atoms with E-state index in [2.05, 4.69) is 37.4 Å². The first-order valence-electron chi connectivity index (χ1n) is 8.71. The number of hydrogen-bond acceptors (Lipinski definition) is 5. The minimum Gasteiger partial charge on any atom is -0.370 e. The molecule has 2 aliphatic heterocycles. The molecular formula is C18H25N5O. The summed E-state index contributed by atoms with van der Waals surface area (Å²) in [5.41, 5.74) is 2.39. The number of hydrogen-bond donors (Lipinski definition) is 0. The molecule has 0 aromatic carbocycles. The highest BCUT2D eigenvalue weighted by molar-refractivity contribution is 5.44. The third kappa shape index (κ3) is 3.16. The van der Waals surface area contributed by atoms with Crippen LogP contribution in [-0.2, 0) is 18.3 Å². The smallest absolute Gasteiger partial charge is 0.0983 e. The van der Waals surface area contributed by atoms with Gasteiger partial charge in [-0.05, 0) is 25.0 Å². The van der Waals surface area contributed by atoms with Crippen molar-refractivity contribution in [2.75, 3.05) is 37.7 Å². The van der Waals surface area contributed by atoms with Crippen molar-refractivity contribution in [3.8, 4) is 0 Å². The number of aryl methyl sites for hydroxylation is 1. The van der Waals surface area contributed by atoms with E-state index in [1.54, 1.807) is 0 Å². The zero-order valence-electron chi connectivity index (χ0n) is 14.3. The van der Waals surface area contributed by atoms with E-state index in [4.69, 9.17) is 4.74 Å². The molecule has 1 atom stereocenters. The number of pyridine rings is 1. The first-order chi connectivity index (χ1) is 11.7. The molecule has 0 aliphatic carbocycles. The van der Waals surface area contributed by atoms with Crippen LogP contribution >= 0.6 is 0 Å². The zero-order valence-corrected chi connectivity index (χ0v) is 14.3. The minimum absolute atomic E-state index is 0.0645. The molecular weight excluding hydrogens is 302 g/mol. The third-order valence-corrected chi connectivity index (χ3v) is 5.18. The molecule has 4 rings (SSSR count). The van der Waals surface area contributed by atoms with Crippen molar-refractivity contribution in [3.63, 3.8) is 0 Å². The fraction of sp³-hybridized carbons (Fsp3) is 0.556. The van der Waals surface area contributed by atoms with Crippen molar-refractivity contribution in [1.29, 1.82) is 0 Å². The molecule has 0 saturated carbocycles. The lowest BCUT2D eigenvalue weighted by atomic mass is 9.90. The molecule has 0 bridgehead atoms. The van der Waals surface area contributed by atoms with E-state index in [1.807, 2.05) is 31.0 Å². The fourth-order valence-corrected chi connectivity index (χ4v) is 3.93. The second kappa shape index (κ2) is 6.53. The quantitative estimate of drug-likeness (QED) is 0.858. The van der Waals surface area contributed by atoms with Gasteiger partial charge in [-0.3, -0.25) is 9.88 Å². The van der Waals surface area contributed by atoms with Crippen LogP contribution < -0.4 is 4.90 Å². The van der Waals surface area contributed by atoms with Gasteiger partial charge in [0.1, 0.15) is 0 Å². The molecule has 6 heteroatoms. The Morgan fingerprint density at radius 2 is 2.17 bits per heavy atom. The average Bonchev–Trinajstić information content (AvgIpc) is 3.01. The molecule has 4 heterocycles.